The Bertz CT molecular complexity index is 813. The summed E-state index contributed by atoms with van der Waals surface area (Å²) in [5.41, 5.74) is 2.76. The molecule has 1 heterocycles. The normalized spacial score (nSPS) is 21.5. The molecule has 1 fully saturated rings. The summed E-state index contributed by atoms with van der Waals surface area (Å²) in [5.74, 6) is -0.793. The van der Waals surface area contributed by atoms with Gasteiger partial charge in [0.25, 0.3) is 0 Å². The third kappa shape index (κ3) is 3.23. The first-order chi connectivity index (χ1) is 11.5. The van der Waals surface area contributed by atoms with Crippen molar-refractivity contribution in [2.45, 2.75) is 39.0 Å². The molecule has 1 aromatic heterocycles. The molecule has 0 spiro atoms. The highest BCUT2D eigenvalue weighted by molar-refractivity contribution is 5.87. The number of aryl methyl sites for hydroxylation is 1. The SMILES string of the molecule is CCc1ccc2ccc(/C=C/C3(C(=O)O)CCC(=N)CC3)cc2n1. The fourth-order valence-electron chi connectivity index (χ4n) is 3.18. The molecule has 0 bridgehead atoms. The zero-order valence-corrected chi connectivity index (χ0v) is 13.9. The Morgan fingerprint density at radius 2 is 2.00 bits per heavy atom. The lowest BCUT2D eigenvalue weighted by molar-refractivity contribution is -0.146. The van der Waals surface area contributed by atoms with Crippen molar-refractivity contribution in [1.82, 2.24) is 4.98 Å². The van der Waals surface area contributed by atoms with Crippen LogP contribution in [0.15, 0.2) is 36.4 Å². The molecular formula is C20H22N2O2. The molecule has 0 atom stereocenters. The number of carboxylic acids is 1. The van der Waals surface area contributed by atoms with Gasteiger partial charge in [0.1, 0.15) is 0 Å². The fraction of sp³-hybridized carbons (Fsp3) is 0.350. The molecule has 1 aliphatic carbocycles. The Morgan fingerprint density at radius 1 is 1.29 bits per heavy atom. The van der Waals surface area contributed by atoms with Crippen LogP contribution in [0.3, 0.4) is 0 Å². The van der Waals surface area contributed by atoms with Gasteiger partial charge in [0.05, 0.1) is 10.9 Å². The van der Waals surface area contributed by atoms with E-state index < -0.39 is 11.4 Å². The van der Waals surface area contributed by atoms with Gasteiger partial charge in [0.15, 0.2) is 0 Å². The molecular weight excluding hydrogens is 300 g/mol. The Balaban J connectivity index is 1.90. The minimum absolute atomic E-state index is 0.503. The van der Waals surface area contributed by atoms with E-state index in [9.17, 15) is 9.90 Å². The van der Waals surface area contributed by atoms with Crippen LogP contribution in [0.25, 0.3) is 17.0 Å². The van der Waals surface area contributed by atoms with E-state index in [1.165, 1.54) is 0 Å². The summed E-state index contributed by atoms with van der Waals surface area (Å²) in [6.07, 6.45) is 6.73. The molecule has 4 heteroatoms. The number of carbonyl (C=O) groups is 1. The van der Waals surface area contributed by atoms with Gasteiger partial charge in [0, 0.05) is 16.8 Å². The molecule has 2 N–H and O–H groups in total. The number of aromatic nitrogens is 1. The third-order valence-corrected chi connectivity index (χ3v) is 4.90. The molecule has 0 unspecified atom stereocenters. The molecule has 1 aromatic carbocycles. The lowest BCUT2D eigenvalue weighted by Crippen LogP contribution is -2.33. The summed E-state index contributed by atoms with van der Waals surface area (Å²) in [5, 5.41) is 18.5. The van der Waals surface area contributed by atoms with Crippen molar-refractivity contribution in [2.24, 2.45) is 5.41 Å². The van der Waals surface area contributed by atoms with Gasteiger partial charge in [-0.15, -0.1) is 0 Å². The Labute approximate surface area is 141 Å². The van der Waals surface area contributed by atoms with Crippen LogP contribution in [-0.2, 0) is 11.2 Å². The lowest BCUT2D eigenvalue weighted by atomic mass is 9.73. The molecule has 4 nitrogen and oxygen atoms in total. The van der Waals surface area contributed by atoms with E-state index in [0.29, 0.717) is 31.4 Å². The van der Waals surface area contributed by atoms with E-state index in [1.54, 1.807) is 0 Å². The number of pyridine rings is 1. The lowest BCUT2D eigenvalue weighted by Gasteiger charge is -2.30. The second-order valence-electron chi connectivity index (χ2n) is 6.51. The molecule has 24 heavy (non-hydrogen) atoms. The monoisotopic (exact) mass is 322 g/mol. The van der Waals surface area contributed by atoms with E-state index in [2.05, 4.69) is 18.0 Å². The largest absolute Gasteiger partial charge is 0.481 e. The third-order valence-electron chi connectivity index (χ3n) is 4.90. The second-order valence-corrected chi connectivity index (χ2v) is 6.51. The Morgan fingerprint density at radius 3 is 2.67 bits per heavy atom. The van der Waals surface area contributed by atoms with Crippen LogP contribution in [0.1, 0.15) is 43.9 Å². The van der Waals surface area contributed by atoms with E-state index in [4.69, 9.17) is 5.41 Å². The maximum atomic E-state index is 11.8. The molecule has 1 aliphatic rings. The number of nitrogens with one attached hydrogen (secondary N) is 1. The van der Waals surface area contributed by atoms with Crippen LogP contribution in [0.2, 0.25) is 0 Å². The first-order valence-corrected chi connectivity index (χ1v) is 8.41. The summed E-state index contributed by atoms with van der Waals surface area (Å²) in [7, 11) is 0. The van der Waals surface area contributed by atoms with Gasteiger partial charge in [0.2, 0.25) is 0 Å². The molecule has 1 saturated carbocycles. The average Bonchev–Trinajstić information content (AvgIpc) is 2.60. The Kier molecular flexibility index (Phi) is 4.47. The van der Waals surface area contributed by atoms with Crippen molar-refractivity contribution in [1.29, 1.82) is 5.41 Å². The number of hydrogen-bond acceptors (Lipinski definition) is 3. The van der Waals surface area contributed by atoms with E-state index in [1.807, 2.05) is 36.4 Å². The number of rotatable bonds is 4. The van der Waals surface area contributed by atoms with Crippen LogP contribution in [0, 0.1) is 10.8 Å². The van der Waals surface area contributed by atoms with Gasteiger partial charge in [-0.3, -0.25) is 9.78 Å². The average molecular weight is 322 g/mol. The van der Waals surface area contributed by atoms with Gasteiger partial charge in [-0.05, 0) is 49.8 Å². The van der Waals surface area contributed by atoms with Gasteiger partial charge >= 0.3 is 5.97 Å². The van der Waals surface area contributed by atoms with Gasteiger partial charge in [-0.2, -0.15) is 0 Å². The molecule has 2 aromatic rings. The van der Waals surface area contributed by atoms with Crippen molar-refractivity contribution in [3.05, 3.63) is 47.7 Å². The molecule has 124 valence electrons. The zero-order valence-electron chi connectivity index (χ0n) is 13.9. The number of nitrogens with zero attached hydrogens (tertiary/aromatic N) is 1. The van der Waals surface area contributed by atoms with Crippen molar-refractivity contribution >= 4 is 28.7 Å². The van der Waals surface area contributed by atoms with Crippen LogP contribution in [0.5, 0.6) is 0 Å². The van der Waals surface area contributed by atoms with Crippen molar-refractivity contribution < 1.29 is 9.90 Å². The minimum atomic E-state index is -0.849. The van der Waals surface area contributed by atoms with Crippen LogP contribution in [-0.4, -0.2) is 21.8 Å². The number of benzene rings is 1. The quantitative estimate of drug-likeness (QED) is 0.872. The second kappa shape index (κ2) is 6.56. The highest BCUT2D eigenvalue weighted by atomic mass is 16.4. The number of carboxylic acid groups (broad SMARTS) is 1. The molecule has 3 rings (SSSR count). The van der Waals surface area contributed by atoms with Gasteiger partial charge in [-0.25, -0.2) is 0 Å². The number of hydrogen-bond donors (Lipinski definition) is 2. The molecule has 0 saturated heterocycles. The number of fused-ring (bicyclic) bond motifs is 1. The molecule has 0 amide bonds. The topological polar surface area (TPSA) is 74.0 Å². The number of aliphatic carboxylic acids is 1. The van der Waals surface area contributed by atoms with Crippen molar-refractivity contribution in [2.75, 3.05) is 0 Å². The zero-order chi connectivity index (χ0) is 17.2. The Hall–Kier alpha value is -2.49. The molecule has 0 radical (unpaired) electrons. The van der Waals surface area contributed by atoms with Gasteiger partial charge in [-0.1, -0.05) is 37.3 Å². The standard InChI is InChI=1S/C20H22N2O2/c1-2-17-6-5-15-4-3-14(13-18(15)22-17)7-10-20(19(23)24)11-8-16(21)9-12-20/h3-7,10,13,21H,2,8-9,11-12H2,1H3,(H,23,24)/b10-7+,21-16?. The van der Waals surface area contributed by atoms with Crippen LogP contribution >= 0.6 is 0 Å². The van der Waals surface area contributed by atoms with Crippen LogP contribution in [0.4, 0.5) is 0 Å². The predicted molar refractivity (Wildman–Crippen MR) is 96.4 cm³/mol. The van der Waals surface area contributed by atoms with Gasteiger partial charge < -0.3 is 10.5 Å². The molecule has 0 aliphatic heterocycles. The first-order valence-electron chi connectivity index (χ1n) is 8.41. The van der Waals surface area contributed by atoms with E-state index in [0.717, 1.165) is 28.6 Å². The summed E-state index contributed by atoms with van der Waals surface area (Å²) >= 11 is 0. The maximum Gasteiger partial charge on any atom is 0.313 e. The van der Waals surface area contributed by atoms with E-state index >= 15 is 0 Å². The highest BCUT2D eigenvalue weighted by Gasteiger charge is 2.38. The highest BCUT2D eigenvalue weighted by Crippen LogP contribution is 2.37. The fourth-order valence-corrected chi connectivity index (χ4v) is 3.18. The van der Waals surface area contributed by atoms with Crippen molar-refractivity contribution in [3.63, 3.8) is 0 Å². The minimum Gasteiger partial charge on any atom is -0.481 e. The first kappa shape index (κ1) is 16.4. The summed E-state index contributed by atoms with van der Waals surface area (Å²) in [6, 6.07) is 10.1. The van der Waals surface area contributed by atoms with Crippen molar-refractivity contribution in [3.8, 4) is 0 Å². The predicted octanol–water partition coefficient (Wildman–Crippen LogP) is 4.48. The summed E-state index contributed by atoms with van der Waals surface area (Å²) in [6.45, 7) is 2.08. The van der Waals surface area contributed by atoms with Crippen LogP contribution < -0.4 is 0 Å². The maximum absolute atomic E-state index is 11.8. The van der Waals surface area contributed by atoms with E-state index in [-0.39, 0.29) is 0 Å². The summed E-state index contributed by atoms with van der Waals surface area (Å²) in [4.78, 5) is 16.4. The summed E-state index contributed by atoms with van der Waals surface area (Å²) < 4.78 is 0. The smallest absolute Gasteiger partial charge is 0.313 e.